The minimum Gasteiger partial charge on any atom is -0.469 e. The van der Waals surface area contributed by atoms with Crippen LogP contribution in [-0.2, 0) is 14.3 Å². The molecule has 0 fully saturated rings. The first-order valence-electron chi connectivity index (χ1n) is 6.54. The molecule has 110 valence electrons. The van der Waals surface area contributed by atoms with Crippen molar-refractivity contribution in [3.05, 3.63) is 34.3 Å². The molecule has 5 heteroatoms. The lowest BCUT2D eigenvalue weighted by atomic mass is 10.0. The summed E-state index contributed by atoms with van der Waals surface area (Å²) in [5.74, 6) is -0.134. The fourth-order valence-electron chi connectivity index (χ4n) is 1.85. The lowest BCUT2D eigenvalue weighted by Crippen LogP contribution is -2.31. The minimum absolute atomic E-state index is 0.0612. The van der Waals surface area contributed by atoms with Gasteiger partial charge < -0.3 is 10.1 Å². The van der Waals surface area contributed by atoms with Gasteiger partial charge in [-0.1, -0.05) is 41.9 Å². The number of halogens is 1. The van der Waals surface area contributed by atoms with Crippen molar-refractivity contribution in [1.82, 2.24) is 5.32 Å². The lowest BCUT2D eigenvalue weighted by molar-refractivity contribution is -0.141. The Hall–Kier alpha value is -1.36. The first-order valence-corrected chi connectivity index (χ1v) is 7.33. The second-order valence-electron chi connectivity index (χ2n) is 5.05. The Morgan fingerprint density at radius 2 is 2.00 bits per heavy atom. The van der Waals surface area contributed by atoms with E-state index in [9.17, 15) is 9.59 Å². The van der Waals surface area contributed by atoms with E-state index in [0.29, 0.717) is 6.42 Å². The summed E-state index contributed by atoms with van der Waals surface area (Å²) in [5.41, 5.74) is 0.877. The predicted molar refractivity (Wildman–Crippen MR) is 81.1 cm³/mol. The van der Waals surface area contributed by atoms with Crippen LogP contribution in [0.15, 0.2) is 28.7 Å². The molecule has 1 atom stereocenters. The molecular weight excluding hydrogens is 322 g/mol. The van der Waals surface area contributed by atoms with Crippen LogP contribution in [0.1, 0.15) is 38.3 Å². The van der Waals surface area contributed by atoms with Crippen LogP contribution in [0.25, 0.3) is 0 Å². The number of nitrogens with one attached hydrogen (secondary N) is 1. The molecule has 0 bridgehead atoms. The van der Waals surface area contributed by atoms with E-state index in [2.05, 4.69) is 21.2 Å². The Kier molecular flexibility index (Phi) is 6.71. The monoisotopic (exact) mass is 341 g/mol. The molecule has 0 spiro atoms. The molecular formula is C15H20BrNO3. The molecule has 1 aromatic rings. The van der Waals surface area contributed by atoms with Gasteiger partial charge in [0.25, 0.3) is 0 Å². The fourth-order valence-corrected chi connectivity index (χ4v) is 2.27. The van der Waals surface area contributed by atoms with E-state index in [1.165, 1.54) is 7.11 Å². The molecule has 0 heterocycles. The third-order valence-corrected chi connectivity index (χ3v) is 3.27. The predicted octanol–water partition coefficient (Wildman–Crippen LogP) is 3.22. The van der Waals surface area contributed by atoms with Crippen LogP contribution >= 0.6 is 15.9 Å². The van der Waals surface area contributed by atoms with Crippen LogP contribution in [0.2, 0.25) is 0 Å². The Morgan fingerprint density at radius 1 is 1.30 bits per heavy atom. The maximum absolute atomic E-state index is 11.9. The zero-order valence-corrected chi connectivity index (χ0v) is 13.6. The average Bonchev–Trinajstić information content (AvgIpc) is 2.36. The number of carbonyl (C=O) groups excluding carboxylic acids is 2. The molecule has 1 amide bonds. The average molecular weight is 342 g/mol. The maximum Gasteiger partial charge on any atom is 0.307 e. The molecule has 0 aromatic heterocycles. The van der Waals surface area contributed by atoms with Gasteiger partial charge in [-0.3, -0.25) is 9.59 Å². The highest BCUT2D eigenvalue weighted by Crippen LogP contribution is 2.21. The van der Waals surface area contributed by atoms with Gasteiger partial charge >= 0.3 is 5.97 Å². The molecule has 1 rings (SSSR count). The molecule has 4 nitrogen and oxygen atoms in total. The second-order valence-corrected chi connectivity index (χ2v) is 5.97. The first kappa shape index (κ1) is 16.7. The number of benzene rings is 1. The van der Waals surface area contributed by atoms with Crippen molar-refractivity contribution in [1.29, 1.82) is 0 Å². The normalized spacial score (nSPS) is 12.1. The molecule has 0 aliphatic carbocycles. The summed E-state index contributed by atoms with van der Waals surface area (Å²) in [6.07, 6.45) is 0.558. The van der Waals surface area contributed by atoms with E-state index in [-0.39, 0.29) is 30.3 Å². The molecule has 1 N–H and O–H groups in total. The summed E-state index contributed by atoms with van der Waals surface area (Å²) in [5, 5.41) is 2.90. The van der Waals surface area contributed by atoms with Crippen molar-refractivity contribution in [2.75, 3.05) is 7.11 Å². The highest BCUT2D eigenvalue weighted by atomic mass is 79.9. The van der Waals surface area contributed by atoms with E-state index in [0.717, 1.165) is 10.0 Å². The smallest absolute Gasteiger partial charge is 0.307 e. The number of amides is 1. The maximum atomic E-state index is 11.9. The minimum atomic E-state index is -0.369. The standard InChI is InChI=1S/C15H20BrNO3/c1-10(2)7-14(18)17-13(9-15(19)20-3)11-5-4-6-12(16)8-11/h4-6,8,10,13H,7,9H2,1-3H3,(H,17,18). The van der Waals surface area contributed by atoms with Gasteiger partial charge in [-0.05, 0) is 23.6 Å². The van der Waals surface area contributed by atoms with Gasteiger partial charge in [0.2, 0.25) is 5.91 Å². The van der Waals surface area contributed by atoms with E-state index >= 15 is 0 Å². The molecule has 1 unspecified atom stereocenters. The number of ether oxygens (including phenoxy) is 1. The summed E-state index contributed by atoms with van der Waals surface area (Å²) in [7, 11) is 1.34. The van der Waals surface area contributed by atoms with Gasteiger partial charge in [0.05, 0.1) is 19.6 Å². The van der Waals surface area contributed by atoms with Crippen molar-refractivity contribution in [3.8, 4) is 0 Å². The zero-order chi connectivity index (χ0) is 15.1. The number of rotatable bonds is 6. The fraction of sp³-hybridized carbons (Fsp3) is 0.467. The first-order chi connectivity index (χ1) is 9.42. The number of methoxy groups -OCH3 is 1. The van der Waals surface area contributed by atoms with Gasteiger partial charge in [0.1, 0.15) is 0 Å². The van der Waals surface area contributed by atoms with Crippen molar-refractivity contribution in [2.24, 2.45) is 5.92 Å². The highest BCUT2D eigenvalue weighted by Gasteiger charge is 2.19. The Balaban J connectivity index is 2.85. The number of carbonyl (C=O) groups is 2. The molecule has 20 heavy (non-hydrogen) atoms. The summed E-state index contributed by atoms with van der Waals surface area (Å²) < 4.78 is 5.60. The van der Waals surface area contributed by atoms with E-state index in [4.69, 9.17) is 4.74 Å². The van der Waals surface area contributed by atoms with Crippen molar-refractivity contribution in [3.63, 3.8) is 0 Å². The van der Waals surface area contributed by atoms with Crippen molar-refractivity contribution in [2.45, 2.75) is 32.7 Å². The van der Waals surface area contributed by atoms with Gasteiger partial charge in [0, 0.05) is 10.9 Å². The summed E-state index contributed by atoms with van der Waals surface area (Å²) in [6.45, 7) is 3.96. The summed E-state index contributed by atoms with van der Waals surface area (Å²) >= 11 is 3.39. The summed E-state index contributed by atoms with van der Waals surface area (Å²) in [4.78, 5) is 23.4. The highest BCUT2D eigenvalue weighted by molar-refractivity contribution is 9.10. The quantitative estimate of drug-likeness (QED) is 0.808. The molecule has 0 saturated carbocycles. The van der Waals surface area contributed by atoms with Crippen LogP contribution in [0, 0.1) is 5.92 Å². The van der Waals surface area contributed by atoms with Crippen molar-refractivity contribution < 1.29 is 14.3 Å². The Labute approximate surface area is 128 Å². The third kappa shape index (κ3) is 5.74. The van der Waals surface area contributed by atoms with Gasteiger partial charge in [0.15, 0.2) is 0 Å². The van der Waals surface area contributed by atoms with Gasteiger partial charge in [-0.2, -0.15) is 0 Å². The van der Waals surface area contributed by atoms with E-state index < -0.39 is 0 Å². The SMILES string of the molecule is COC(=O)CC(NC(=O)CC(C)C)c1cccc(Br)c1. The molecule has 0 saturated heterocycles. The third-order valence-electron chi connectivity index (χ3n) is 2.78. The molecule has 0 radical (unpaired) electrons. The Morgan fingerprint density at radius 3 is 2.55 bits per heavy atom. The van der Waals surface area contributed by atoms with Crippen LogP contribution in [0.4, 0.5) is 0 Å². The molecule has 1 aromatic carbocycles. The second kappa shape index (κ2) is 8.04. The Bertz CT molecular complexity index is 474. The summed E-state index contributed by atoms with van der Waals surface area (Å²) in [6, 6.07) is 7.18. The lowest BCUT2D eigenvalue weighted by Gasteiger charge is -2.19. The number of esters is 1. The van der Waals surface area contributed by atoms with Crippen LogP contribution in [0.5, 0.6) is 0 Å². The van der Waals surface area contributed by atoms with E-state index in [1.54, 1.807) is 0 Å². The van der Waals surface area contributed by atoms with Crippen molar-refractivity contribution >= 4 is 27.8 Å². The molecule has 0 aliphatic heterocycles. The van der Waals surface area contributed by atoms with E-state index in [1.807, 2.05) is 38.1 Å². The number of hydrogen-bond acceptors (Lipinski definition) is 3. The van der Waals surface area contributed by atoms with Crippen LogP contribution in [-0.4, -0.2) is 19.0 Å². The van der Waals surface area contributed by atoms with Gasteiger partial charge in [-0.15, -0.1) is 0 Å². The van der Waals surface area contributed by atoms with Crippen LogP contribution < -0.4 is 5.32 Å². The topological polar surface area (TPSA) is 55.4 Å². The van der Waals surface area contributed by atoms with Gasteiger partial charge in [-0.25, -0.2) is 0 Å². The largest absolute Gasteiger partial charge is 0.469 e. The van der Waals surface area contributed by atoms with Crippen LogP contribution in [0.3, 0.4) is 0 Å². The molecule has 0 aliphatic rings. The number of hydrogen-bond donors (Lipinski definition) is 1. The zero-order valence-electron chi connectivity index (χ0n) is 12.0.